The van der Waals surface area contributed by atoms with Gasteiger partial charge in [0, 0.05) is 5.56 Å². The lowest BCUT2D eigenvalue weighted by Gasteiger charge is -2.02. The minimum absolute atomic E-state index is 0.342. The molecule has 1 rings (SSSR count). The van der Waals surface area contributed by atoms with Gasteiger partial charge in [0.25, 0.3) is 0 Å². The second kappa shape index (κ2) is 5.09. The molecule has 0 aromatic heterocycles. The highest BCUT2D eigenvalue weighted by molar-refractivity contribution is 5.99. The van der Waals surface area contributed by atoms with Crippen LogP contribution in [0.4, 0.5) is 9.18 Å². The number of hydrogen-bond acceptors (Lipinski definition) is 3. The van der Waals surface area contributed by atoms with E-state index in [9.17, 15) is 9.18 Å². The van der Waals surface area contributed by atoms with Crippen LogP contribution in [0.1, 0.15) is 12.5 Å². The summed E-state index contributed by atoms with van der Waals surface area (Å²) in [7, 11) is 1.23. The molecule has 0 aliphatic carbocycles. The van der Waals surface area contributed by atoms with E-state index in [4.69, 9.17) is 0 Å². The van der Waals surface area contributed by atoms with Crippen molar-refractivity contribution in [3.05, 3.63) is 35.6 Å². The van der Waals surface area contributed by atoms with Gasteiger partial charge in [0.1, 0.15) is 5.82 Å². The Morgan fingerprint density at radius 1 is 1.47 bits per heavy atom. The normalized spacial score (nSPS) is 11.0. The van der Waals surface area contributed by atoms with Crippen molar-refractivity contribution in [3.63, 3.8) is 0 Å². The van der Waals surface area contributed by atoms with Gasteiger partial charge in [-0.3, -0.25) is 0 Å². The van der Waals surface area contributed by atoms with Gasteiger partial charge in [0.2, 0.25) is 0 Å². The molecule has 15 heavy (non-hydrogen) atoms. The molecule has 1 amide bonds. The summed E-state index contributed by atoms with van der Waals surface area (Å²) in [6, 6.07) is 6.18. The number of benzene rings is 1. The fourth-order valence-corrected chi connectivity index (χ4v) is 0.990. The largest absolute Gasteiger partial charge is 0.452 e. The third-order valence-corrected chi connectivity index (χ3v) is 1.76. The number of carbonyl (C=O) groups is 1. The first kappa shape index (κ1) is 11.2. The standard InChI is InChI=1S/C10H11FN2O2/c1-7(12-13-10(14)15-2)8-5-3-4-6-9(8)11/h3-6H,1-2H3,(H,13,14)/b12-7+. The van der Waals surface area contributed by atoms with Crippen LogP contribution in [-0.2, 0) is 4.74 Å². The van der Waals surface area contributed by atoms with E-state index in [0.717, 1.165) is 0 Å². The van der Waals surface area contributed by atoms with Crippen LogP contribution >= 0.6 is 0 Å². The van der Waals surface area contributed by atoms with Gasteiger partial charge in [-0.2, -0.15) is 5.10 Å². The summed E-state index contributed by atoms with van der Waals surface area (Å²) < 4.78 is 17.5. The molecule has 0 atom stereocenters. The molecule has 0 fully saturated rings. The van der Waals surface area contributed by atoms with Gasteiger partial charge in [-0.25, -0.2) is 14.6 Å². The third-order valence-electron chi connectivity index (χ3n) is 1.76. The highest BCUT2D eigenvalue weighted by atomic mass is 19.1. The maximum absolute atomic E-state index is 13.2. The molecule has 0 heterocycles. The summed E-state index contributed by atoms with van der Waals surface area (Å²) >= 11 is 0. The number of amides is 1. The Labute approximate surface area is 86.7 Å². The summed E-state index contributed by atoms with van der Waals surface area (Å²) in [4.78, 5) is 10.7. The summed E-state index contributed by atoms with van der Waals surface area (Å²) in [6.45, 7) is 1.59. The van der Waals surface area contributed by atoms with E-state index in [1.54, 1.807) is 25.1 Å². The Bertz CT molecular complexity index is 391. The number of hydrogen-bond donors (Lipinski definition) is 1. The molecule has 0 spiro atoms. The number of rotatable bonds is 2. The maximum atomic E-state index is 13.2. The zero-order valence-electron chi connectivity index (χ0n) is 8.45. The predicted octanol–water partition coefficient (Wildman–Crippen LogP) is 1.91. The molecule has 0 saturated heterocycles. The van der Waals surface area contributed by atoms with Gasteiger partial charge in [-0.05, 0) is 13.0 Å². The molecular formula is C10H11FN2O2. The molecule has 1 aromatic rings. The predicted molar refractivity (Wildman–Crippen MR) is 54.2 cm³/mol. The smallest absolute Gasteiger partial charge is 0.427 e. The Balaban J connectivity index is 2.80. The molecule has 1 aromatic carbocycles. The van der Waals surface area contributed by atoms with Crippen LogP contribution < -0.4 is 5.43 Å². The van der Waals surface area contributed by atoms with E-state index in [2.05, 4.69) is 15.3 Å². The van der Waals surface area contributed by atoms with Crippen LogP contribution in [0.15, 0.2) is 29.4 Å². The van der Waals surface area contributed by atoms with Crippen LogP contribution in [-0.4, -0.2) is 18.9 Å². The second-order valence-electron chi connectivity index (χ2n) is 2.78. The average Bonchev–Trinajstić information content (AvgIpc) is 2.26. The summed E-state index contributed by atoms with van der Waals surface area (Å²) in [5.41, 5.74) is 2.83. The van der Waals surface area contributed by atoms with Gasteiger partial charge in [-0.1, -0.05) is 18.2 Å². The Morgan fingerprint density at radius 2 is 2.13 bits per heavy atom. The number of methoxy groups -OCH3 is 1. The van der Waals surface area contributed by atoms with Crippen LogP contribution in [0, 0.1) is 5.82 Å². The number of nitrogens with zero attached hydrogens (tertiary/aromatic N) is 1. The Hall–Kier alpha value is -1.91. The van der Waals surface area contributed by atoms with E-state index in [1.807, 2.05) is 0 Å². The fourth-order valence-electron chi connectivity index (χ4n) is 0.990. The first-order valence-electron chi connectivity index (χ1n) is 4.28. The van der Waals surface area contributed by atoms with Crippen molar-refractivity contribution in [2.24, 2.45) is 5.10 Å². The lowest BCUT2D eigenvalue weighted by atomic mass is 10.1. The van der Waals surface area contributed by atoms with E-state index >= 15 is 0 Å². The topological polar surface area (TPSA) is 50.7 Å². The first-order chi connectivity index (χ1) is 7.15. The minimum Gasteiger partial charge on any atom is -0.452 e. The Morgan fingerprint density at radius 3 is 2.73 bits per heavy atom. The van der Waals surface area contributed by atoms with Crippen molar-refractivity contribution in [2.45, 2.75) is 6.92 Å². The minimum atomic E-state index is -0.689. The van der Waals surface area contributed by atoms with Crippen molar-refractivity contribution in [3.8, 4) is 0 Å². The zero-order valence-corrected chi connectivity index (χ0v) is 8.45. The summed E-state index contributed by atoms with van der Waals surface area (Å²) in [5, 5.41) is 3.68. The lowest BCUT2D eigenvalue weighted by Crippen LogP contribution is -2.19. The van der Waals surface area contributed by atoms with E-state index in [1.165, 1.54) is 13.2 Å². The number of halogens is 1. The maximum Gasteiger partial charge on any atom is 0.427 e. The van der Waals surface area contributed by atoms with Crippen LogP contribution in [0.2, 0.25) is 0 Å². The van der Waals surface area contributed by atoms with Gasteiger partial charge in [0.05, 0.1) is 12.8 Å². The molecule has 5 heteroatoms. The van der Waals surface area contributed by atoms with Gasteiger partial charge in [0.15, 0.2) is 0 Å². The number of carbonyl (C=O) groups excluding carboxylic acids is 1. The highest BCUT2D eigenvalue weighted by Crippen LogP contribution is 2.07. The van der Waals surface area contributed by atoms with Crippen LogP contribution in [0.25, 0.3) is 0 Å². The van der Waals surface area contributed by atoms with Crippen molar-refractivity contribution in [1.29, 1.82) is 0 Å². The van der Waals surface area contributed by atoms with Crippen molar-refractivity contribution >= 4 is 11.8 Å². The average molecular weight is 210 g/mol. The molecule has 0 saturated carbocycles. The quantitative estimate of drug-likeness (QED) is 0.598. The molecule has 0 bridgehead atoms. The molecule has 80 valence electrons. The van der Waals surface area contributed by atoms with E-state index in [0.29, 0.717) is 11.3 Å². The molecular weight excluding hydrogens is 199 g/mol. The van der Waals surface area contributed by atoms with Gasteiger partial charge < -0.3 is 4.74 Å². The van der Waals surface area contributed by atoms with E-state index in [-0.39, 0.29) is 5.82 Å². The fraction of sp³-hybridized carbons (Fsp3) is 0.200. The Kier molecular flexibility index (Phi) is 3.79. The van der Waals surface area contributed by atoms with E-state index < -0.39 is 6.09 Å². The van der Waals surface area contributed by atoms with Crippen molar-refractivity contribution in [1.82, 2.24) is 5.43 Å². The number of nitrogens with one attached hydrogen (secondary N) is 1. The molecule has 1 N–H and O–H groups in total. The molecule has 0 unspecified atom stereocenters. The zero-order chi connectivity index (χ0) is 11.3. The molecule has 0 aliphatic heterocycles. The third kappa shape index (κ3) is 3.05. The SMILES string of the molecule is COC(=O)N/N=C(\C)c1ccccc1F. The first-order valence-corrected chi connectivity index (χ1v) is 4.28. The molecule has 0 aliphatic rings. The summed E-state index contributed by atoms with van der Waals surface area (Å²) in [6.07, 6.45) is -0.689. The number of hydrazone groups is 1. The van der Waals surface area contributed by atoms with Gasteiger partial charge in [-0.15, -0.1) is 0 Å². The second-order valence-corrected chi connectivity index (χ2v) is 2.78. The number of ether oxygens (including phenoxy) is 1. The lowest BCUT2D eigenvalue weighted by molar-refractivity contribution is 0.171. The van der Waals surface area contributed by atoms with Crippen molar-refractivity contribution in [2.75, 3.05) is 7.11 Å². The monoisotopic (exact) mass is 210 g/mol. The highest BCUT2D eigenvalue weighted by Gasteiger charge is 2.04. The molecule has 4 nitrogen and oxygen atoms in total. The van der Waals surface area contributed by atoms with Crippen LogP contribution in [0.3, 0.4) is 0 Å². The van der Waals surface area contributed by atoms with Crippen LogP contribution in [0.5, 0.6) is 0 Å². The summed E-state index contributed by atoms with van der Waals surface area (Å²) in [5.74, 6) is -0.384. The molecule has 0 radical (unpaired) electrons. The van der Waals surface area contributed by atoms with Crippen molar-refractivity contribution < 1.29 is 13.9 Å². The van der Waals surface area contributed by atoms with Gasteiger partial charge >= 0.3 is 6.09 Å².